The van der Waals surface area contributed by atoms with Gasteiger partial charge in [-0.15, -0.1) is 0 Å². The number of phosphoric ester groups is 1. The molecule has 1 amide bonds. The van der Waals surface area contributed by atoms with Gasteiger partial charge in [0.1, 0.15) is 24.4 Å². The van der Waals surface area contributed by atoms with Crippen LogP contribution in [0.3, 0.4) is 0 Å². The average molecular weight is 370 g/mol. The number of rotatable bonds is 7. The van der Waals surface area contributed by atoms with E-state index in [1.807, 2.05) is 0 Å². The Morgan fingerprint density at radius 3 is 2.42 bits per heavy atom. The second kappa shape index (κ2) is 8.32. The number of aliphatic carboxylic acids is 1. The Morgan fingerprint density at radius 1 is 1.38 bits per heavy atom. The van der Waals surface area contributed by atoms with Crippen LogP contribution in [-0.4, -0.2) is 65.4 Å². The highest BCUT2D eigenvalue weighted by Gasteiger charge is 2.46. The summed E-state index contributed by atoms with van der Waals surface area (Å²) in [6.07, 6.45) is -8.07. The van der Waals surface area contributed by atoms with E-state index in [4.69, 9.17) is 9.47 Å². The fourth-order valence-electron chi connectivity index (χ4n) is 2.08. The van der Waals surface area contributed by atoms with Gasteiger partial charge in [-0.3, -0.25) is 4.79 Å². The first-order valence-electron chi connectivity index (χ1n) is 6.74. The van der Waals surface area contributed by atoms with Crippen molar-refractivity contribution in [1.29, 1.82) is 0 Å². The topological polar surface area (TPSA) is 201 Å². The number of aliphatic hydroxyl groups excluding tert-OH is 2. The van der Waals surface area contributed by atoms with Crippen molar-refractivity contribution in [3.63, 3.8) is 0 Å². The Labute approximate surface area is 136 Å². The Kier molecular flexibility index (Phi) is 7.25. The fraction of sp³-hybridized carbons (Fsp3) is 0.818. The van der Waals surface area contributed by atoms with Crippen LogP contribution in [0.2, 0.25) is 0 Å². The lowest BCUT2D eigenvalue weighted by Crippen LogP contribution is -2.65. The number of ether oxygens (including phenoxy) is 2. The number of hydrogen-bond acceptors (Lipinski definition) is 11. The molecule has 1 heterocycles. The third kappa shape index (κ3) is 6.07. The number of carbonyl (C=O) groups is 2. The highest BCUT2D eigenvalue weighted by molar-refractivity contribution is 7.43. The van der Waals surface area contributed by atoms with Crippen LogP contribution in [-0.2, 0) is 28.2 Å². The maximum atomic E-state index is 11.2. The fourth-order valence-corrected chi connectivity index (χ4v) is 2.41. The summed E-state index contributed by atoms with van der Waals surface area (Å²) in [6.45, 7) is 1.25. The van der Waals surface area contributed by atoms with Crippen LogP contribution >= 0.6 is 7.82 Å². The van der Waals surface area contributed by atoms with Crippen LogP contribution in [0.4, 0.5) is 0 Å². The molecule has 0 spiro atoms. The molecule has 1 fully saturated rings. The van der Waals surface area contributed by atoms with Crippen LogP contribution in [0.15, 0.2) is 0 Å². The molecule has 0 aromatic rings. The van der Waals surface area contributed by atoms with Gasteiger partial charge in [-0.2, -0.15) is 0 Å². The Bertz CT molecular complexity index is 508. The van der Waals surface area contributed by atoms with E-state index < -0.39 is 63.1 Å². The molecular formula is C11H17NO11P-3. The minimum Gasteiger partial charge on any atom is -0.790 e. The van der Waals surface area contributed by atoms with Crippen molar-refractivity contribution in [2.24, 2.45) is 0 Å². The standard InChI is InChI=1S/C11H20NO11P/c1-4(10(15)16)22-9-7(12-5(2)13)11(17)23-6(8(9)14)3-21-24(18,19)20/h4,6-9,11,14,17H,3H2,1-2H3,(H,12,13)(H,15,16)(H2,18,19,20)/p-3/t4-,6-,7-,8-,9-,11?/m1/s1. The molecule has 6 atom stereocenters. The van der Waals surface area contributed by atoms with Crippen molar-refractivity contribution in [2.45, 2.75) is 50.6 Å². The predicted octanol–water partition coefficient (Wildman–Crippen LogP) is -5.06. The van der Waals surface area contributed by atoms with Gasteiger partial charge in [0.15, 0.2) is 6.29 Å². The van der Waals surface area contributed by atoms with Crippen LogP contribution in [0.1, 0.15) is 13.8 Å². The molecule has 3 N–H and O–H groups in total. The van der Waals surface area contributed by atoms with Crippen LogP contribution in [0, 0.1) is 0 Å². The van der Waals surface area contributed by atoms with Gasteiger partial charge >= 0.3 is 0 Å². The van der Waals surface area contributed by atoms with Gasteiger partial charge in [0, 0.05) is 6.92 Å². The molecule has 13 heteroatoms. The Hall–Kier alpha value is -1.11. The maximum Gasteiger partial charge on any atom is 0.217 e. The molecule has 1 aliphatic rings. The molecule has 0 aromatic carbocycles. The summed E-state index contributed by atoms with van der Waals surface area (Å²) in [5.41, 5.74) is 0. The lowest BCUT2D eigenvalue weighted by molar-refractivity contribution is -0.346. The summed E-state index contributed by atoms with van der Waals surface area (Å²) in [5.74, 6) is -2.26. The van der Waals surface area contributed by atoms with E-state index in [0.29, 0.717) is 0 Å². The first-order valence-corrected chi connectivity index (χ1v) is 8.20. The summed E-state index contributed by atoms with van der Waals surface area (Å²) in [7, 11) is -5.37. The number of carboxylic acid groups (broad SMARTS) is 1. The molecule has 1 rings (SSSR count). The van der Waals surface area contributed by atoms with E-state index in [1.165, 1.54) is 0 Å². The van der Waals surface area contributed by atoms with Crippen molar-refractivity contribution in [1.82, 2.24) is 5.32 Å². The summed E-state index contributed by atoms with van der Waals surface area (Å²) >= 11 is 0. The van der Waals surface area contributed by atoms with Gasteiger partial charge in [-0.1, -0.05) is 0 Å². The van der Waals surface area contributed by atoms with E-state index in [1.54, 1.807) is 0 Å². The first kappa shape index (κ1) is 20.9. The predicted molar refractivity (Wildman–Crippen MR) is 67.4 cm³/mol. The van der Waals surface area contributed by atoms with Crippen molar-refractivity contribution < 1.29 is 53.3 Å². The number of carboxylic acids is 1. The smallest absolute Gasteiger partial charge is 0.217 e. The van der Waals surface area contributed by atoms with Crippen molar-refractivity contribution >= 4 is 19.7 Å². The van der Waals surface area contributed by atoms with Crippen molar-refractivity contribution in [2.75, 3.05) is 6.61 Å². The van der Waals surface area contributed by atoms with Gasteiger partial charge in [0.25, 0.3) is 0 Å². The molecule has 140 valence electrons. The first-order chi connectivity index (χ1) is 10.9. The van der Waals surface area contributed by atoms with Crippen molar-refractivity contribution in [3.8, 4) is 0 Å². The lowest BCUT2D eigenvalue weighted by atomic mass is 9.96. The molecule has 0 aromatic heterocycles. The Balaban J connectivity index is 2.95. The molecule has 12 nitrogen and oxygen atoms in total. The minimum atomic E-state index is -5.37. The number of aliphatic hydroxyl groups is 2. The van der Waals surface area contributed by atoms with Crippen LogP contribution in [0.25, 0.3) is 0 Å². The minimum absolute atomic E-state index is 0.636. The molecular weight excluding hydrogens is 353 g/mol. The summed E-state index contributed by atoms with van der Waals surface area (Å²) in [4.78, 5) is 43.0. The Morgan fingerprint density at radius 2 is 1.96 bits per heavy atom. The van der Waals surface area contributed by atoms with Crippen molar-refractivity contribution in [3.05, 3.63) is 0 Å². The largest absolute Gasteiger partial charge is 0.790 e. The van der Waals surface area contributed by atoms with Gasteiger partial charge in [0.05, 0.1) is 26.5 Å². The third-order valence-corrected chi connectivity index (χ3v) is 3.62. The number of hydrogen-bond donors (Lipinski definition) is 3. The highest BCUT2D eigenvalue weighted by atomic mass is 31.2. The van der Waals surface area contributed by atoms with Gasteiger partial charge in [-0.05, 0) is 6.92 Å². The lowest BCUT2D eigenvalue weighted by Gasteiger charge is -2.44. The van der Waals surface area contributed by atoms with Crippen LogP contribution < -0.4 is 20.2 Å². The monoisotopic (exact) mass is 370 g/mol. The van der Waals surface area contributed by atoms with E-state index in [9.17, 15) is 39.3 Å². The molecule has 0 aliphatic carbocycles. The van der Waals surface area contributed by atoms with E-state index in [2.05, 4.69) is 9.84 Å². The molecule has 1 unspecified atom stereocenters. The van der Waals surface area contributed by atoms with E-state index in [-0.39, 0.29) is 0 Å². The highest BCUT2D eigenvalue weighted by Crippen LogP contribution is 2.29. The number of nitrogens with one attached hydrogen (secondary N) is 1. The van der Waals surface area contributed by atoms with Gasteiger partial charge in [-0.25, -0.2) is 0 Å². The molecule has 0 radical (unpaired) electrons. The molecule has 1 saturated heterocycles. The SMILES string of the molecule is CC(=O)N[C@H]1C(O)O[C@H](COP(=O)([O-])[O-])[C@@H](O)[C@@H]1O[C@H](C)C(=O)[O-]. The molecule has 0 saturated carbocycles. The third-order valence-electron chi connectivity index (χ3n) is 3.15. The normalized spacial score (nSPS) is 32.2. The van der Waals surface area contributed by atoms with Crippen LogP contribution in [0.5, 0.6) is 0 Å². The molecule has 24 heavy (non-hydrogen) atoms. The number of phosphoric acid groups is 1. The second-order valence-corrected chi connectivity index (χ2v) is 6.24. The van der Waals surface area contributed by atoms with E-state index >= 15 is 0 Å². The summed E-state index contributed by atoms with van der Waals surface area (Å²) in [6, 6.07) is -1.36. The second-order valence-electron chi connectivity index (χ2n) is 5.09. The zero-order chi connectivity index (χ0) is 18.7. The van der Waals surface area contributed by atoms with Gasteiger partial charge in [0.2, 0.25) is 5.91 Å². The quantitative estimate of drug-likeness (QED) is 0.362. The summed E-state index contributed by atoms with van der Waals surface area (Å²) < 4.78 is 24.4. The molecule has 1 aliphatic heterocycles. The zero-order valence-electron chi connectivity index (χ0n) is 12.7. The zero-order valence-corrected chi connectivity index (χ0v) is 13.6. The van der Waals surface area contributed by atoms with Gasteiger partial charge < -0.3 is 53.8 Å². The van der Waals surface area contributed by atoms with E-state index in [0.717, 1.165) is 13.8 Å². The number of carbonyl (C=O) groups excluding carboxylic acids is 2. The number of amides is 1. The molecule has 0 bridgehead atoms. The summed E-state index contributed by atoms with van der Waals surface area (Å²) in [5, 5.41) is 33.0. The maximum absolute atomic E-state index is 11.2. The average Bonchev–Trinajstić information content (AvgIpc) is 2.43.